The second-order valence-electron chi connectivity index (χ2n) is 6.91. The molecule has 2 fully saturated rings. The SMILES string of the molecule is C=C(C)C1CCN(C2=CC=CC(C3(C)CC3)=C=C2C)C1. The molecule has 1 heterocycles. The normalized spacial score (nSPS) is 27.6. The summed E-state index contributed by atoms with van der Waals surface area (Å²) in [6, 6.07) is 0. The highest BCUT2D eigenvalue weighted by molar-refractivity contribution is 5.42. The Balaban J connectivity index is 1.85. The lowest BCUT2D eigenvalue weighted by molar-refractivity contribution is 0.421. The van der Waals surface area contributed by atoms with Gasteiger partial charge in [0, 0.05) is 29.9 Å². The number of rotatable bonds is 3. The summed E-state index contributed by atoms with van der Waals surface area (Å²) in [5, 5.41) is 0. The van der Waals surface area contributed by atoms with Crippen LogP contribution in [0.25, 0.3) is 0 Å². The van der Waals surface area contributed by atoms with E-state index in [-0.39, 0.29) is 0 Å². The van der Waals surface area contributed by atoms with E-state index in [0.717, 1.165) is 13.1 Å². The van der Waals surface area contributed by atoms with Crippen LogP contribution in [0.2, 0.25) is 0 Å². The van der Waals surface area contributed by atoms with Crippen molar-refractivity contribution in [2.45, 2.75) is 40.0 Å². The van der Waals surface area contributed by atoms with E-state index in [1.54, 1.807) is 0 Å². The van der Waals surface area contributed by atoms with E-state index in [1.807, 2.05) is 0 Å². The van der Waals surface area contributed by atoms with Crippen molar-refractivity contribution >= 4 is 0 Å². The van der Waals surface area contributed by atoms with Gasteiger partial charge in [-0.25, -0.2) is 0 Å². The fraction of sp³-hybridized carbons (Fsp3) is 0.526. The molecular formula is C19H25N. The molecule has 106 valence electrons. The van der Waals surface area contributed by atoms with Crippen LogP contribution in [0, 0.1) is 11.3 Å². The summed E-state index contributed by atoms with van der Waals surface area (Å²) in [4.78, 5) is 2.50. The molecule has 2 aliphatic carbocycles. The largest absolute Gasteiger partial charge is 0.370 e. The second-order valence-corrected chi connectivity index (χ2v) is 6.91. The summed E-state index contributed by atoms with van der Waals surface area (Å²) < 4.78 is 0. The molecule has 1 heteroatoms. The molecule has 0 spiro atoms. The van der Waals surface area contributed by atoms with Gasteiger partial charge in [0.25, 0.3) is 0 Å². The third kappa shape index (κ3) is 2.43. The average Bonchev–Trinajstić information content (AvgIpc) is 3.01. The van der Waals surface area contributed by atoms with Gasteiger partial charge in [0.2, 0.25) is 0 Å². The molecule has 0 amide bonds. The van der Waals surface area contributed by atoms with Crippen molar-refractivity contribution in [1.82, 2.24) is 4.90 Å². The Hall–Kier alpha value is -1.46. The maximum Gasteiger partial charge on any atom is 0.0474 e. The summed E-state index contributed by atoms with van der Waals surface area (Å²) >= 11 is 0. The fourth-order valence-corrected chi connectivity index (χ4v) is 3.20. The summed E-state index contributed by atoms with van der Waals surface area (Å²) in [5.41, 5.74) is 9.41. The molecule has 3 aliphatic rings. The maximum absolute atomic E-state index is 4.12. The first-order valence-electron chi connectivity index (χ1n) is 7.77. The Morgan fingerprint density at radius 2 is 2.20 bits per heavy atom. The molecule has 1 nitrogen and oxygen atoms in total. The van der Waals surface area contributed by atoms with E-state index in [1.165, 1.54) is 41.7 Å². The van der Waals surface area contributed by atoms with Crippen LogP contribution in [0.3, 0.4) is 0 Å². The Morgan fingerprint density at radius 1 is 1.45 bits per heavy atom. The molecule has 0 aromatic carbocycles. The molecule has 1 atom stereocenters. The van der Waals surface area contributed by atoms with Crippen LogP contribution < -0.4 is 0 Å². The van der Waals surface area contributed by atoms with Crippen LogP contribution >= 0.6 is 0 Å². The van der Waals surface area contributed by atoms with Gasteiger partial charge in [-0.15, -0.1) is 5.73 Å². The highest BCUT2D eigenvalue weighted by Crippen LogP contribution is 2.51. The van der Waals surface area contributed by atoms with Gasteiger partial charge < -0.3 is 4.90 Å². The number of nitrogens with zero attached hydrogens (tertiary/aromatic N) is 1. The molecule has 1 unspecified atom stereocenters. The highest BCUT2D eigenvalue weighted by atomic mass is 15.2. The van der Waals surface area contributed by atoms with Crippen molar-refractivity contribution in [3.63, 3.8) is 0 Å². The molecule has 1 saturated carbocycles. The molecule has 3 rings (SSSR count). The summed E-state index contributed by atoms with van der Waals surface area (Å²) in [6.07, 6.45) is 10.6. The van der Waals surface area contributed by atoms with E-state index < -0.39 is 0 Å². The Kier molecular flexibility index (Phi) is 3.26. The number of hydrogen-bond donors (Lipinski definition) is 0. The quantitative estimate of drug-likeness (QED) is 0.533. The van der Waals surface area contributed by atoms with Gasteiger partial charge in [-0.2, -0.15) is 0 Å². The monoisotopic (exact) mass is 267 g/mol. The molecule has 0 aromatic heterocycles. The molecule has 0 bridgehead atoms. The average molecular weight is 267 g/mol. The Labute approximate surface area is 123 Å². The highest BCUT2D eigenvalue weighted by Gasteiger charge is 2.40. The van der Waals surface area contributed by atoms with Gasteiger partial charge in [-0.3, -0.25) is 0 Å². The number of allylic oxidation sites excluding steroid dienone is 4. The van der Waals surface area contributed by atoms with Crippen LogP contribution in [-0.2, 0) is 0 Å². The van der Waals surface area contributed by atoms with Crippen molar-refractivity contribution < 1.29 is 0 Å². The van der Waals surface area contributed by atoms with Crippen LogP contribution in [-0.4, -0.2) is 18.0 Å². The van der Waals surface area contributed by atoms with Gasteiger partial charge >= 0.3 is 0 Å². The van der Waals surface area contributed by atoms with Crippen LogP contribution in [0.4, 0.5) is 0 Å². The van der Waals surface area contributed by atoms with Gasteiger partial charge in [0.15, 0.2) is 0 Å². The number of likely N-dealkylation sites (tertiary alicyclic amines) is 1. The minimum absolute atomic E-state index is 0.395. The molecular weight excluding hydrogens is 242 g/mol. The summed E-state index contributed by atoms with van der Waals surface area (Å²) in [7, 11) is 0. The summed E-state index contributed by atoms with van der Waals surface area (Å²) in [6.45, 7) is 13.1. The van der Waals surface area contributed by atoms with Crippen molar-refractivity contribution in [2.24, 2.45) is 11.3 Å². The second kappa shape index (κ2) is 4.82. The first-order valence-corrected chi connectivity index (χ1v) is 7.77. The maximum atomic E-state index is 4.12. The van der Waals surface area contributed by atoms with Crippen LogP contribution in [0.15, 0.2) is 53.0 Å². The number of hydrogen-bond acceptors (Lipinski definition) is 1. The zero-order chi connectivity index (χ0) is 14.3. The minimum atomic E-state index is 0.395. The van der Waals surface area contributed by atoms with Gasteiger partial charge in [0.05, 0.1) is 0 Å². The van der Waals surface area contributed by atoms with Crippen molar-refractivity contribution in [2.75, 3.05) is 13.1 Å². The lowest BCUT2D eigenvalue weighted by Gasteiger charge is -2.22. The van der Waals surface area contributed by atoms with Crippen LogP contribution in [0.5, 0.6) is 0 Å². The van der Waals surface area contributed by atoms with Crippen LogP contribution in [0.1, 0.15) is 40.0 Å². The first kappa shape index (κ1) is 13.5. The molecule has 1 saturated heterocycles. The smallest absolute Gasteiger partial charge is 0.0474 e. The van der Waals surface area contributed by atoms with E-state index >= 15 is 0 Å². The lowest BCUT2D eigenvalue weighted by Crippen LogP contribution is -2.20. The van der Waals surface area contributed by atoms with Crippen molar-refractivity contribution in [3.05, 3.63) is 53.0 Å². The third-order valence-electron chi connectivity index (χ3n) is 5.10. The topological polar surface area (TPSA) is 3.24 Å². The minimum Gasteiger partial charge on any atom is -0.370 e. The first-order chi connectivity index (χ1) is 9.49. The Morgan fingerprint density at radius 3 is 2.80 bits per heavy atom. The van der Waals surface area contributed by atoms with E-state index in [2.05, 4.69) is 56.2 Å². The van der Waals surface area contributed by atoms with E-state index in [9.17, 15) is 0 Å². The third-order valence-corrected chi connectivity index (χ3v) is 5.10. The van der Waals surface area contributed by atoms with Crippen molar-refractivity contribution in [3.8, 4) is 0 Å². The van der Waals surface area contributed by atoms with Gasteiger partial charge in [-0.05, 0) is 50.5 Å². The fourth-order valence-electron chi connectivity index (χ4n) is 3.20. The zero-order valence-corrected chi connectivity index (χ0v) is 13.0. The standard InChI is InChI=1S/C19H25N/c1-14(2)16-8-11-20(13-16)18-7-5-6-17(12-15(18)3)19(4)9-10-19/h5-7,16H,1,8-11,13H2,2-4H3. The molecule has 0 N–H and O–H groups in total. The molecule has 1 aliphatic heterocycles. The Bertz CT molecular complexity index is 563. The lowest BCUT2D eigenvalue weighted by atomic mass is 9.98. The van der Waals surface area contributed by atoms with E-state index in [4.69, 9.17) is 0 Å². The summed E-state index contributed by atoms with van der Waals surface area (Å²) in [5.74, 6) is 0.653. The molecule has 0 aromatic rings. The molecule has 0 radical (unpaired) electrons. The van der Waals surface area contributed by atoms with E-state index in [0.29, 0.717) is 11.3 Å². The molecule has 20 heavy (non-hydrogen) atoms. The van der Waals surface area contributed by atoms with Crippen molar-refractivity contribution in [1.29, 1.82) is 0 Å². The predicted molar refractivity (Wildman–Crippen MR) is 85.3 cm³/mol. The zero-order valence-electron chi connectivity index (χ0n) is 13.0. The van der Waals surface area contributed by atoms with Gasteiger partial charge in [0.1, 0.15) is 0 Å². The predicted octanol–water partition coefficient (Wildman–Crippen LogP) is 4.61. The van der Waals surface area contributed by atoms with Gasteiger partial charge in [-0.1, -0.05) is 31.2 Å².